The highest BCUT2D eigenvalue weighted by Crippen LogP contribution is 2.15. The highest BCUT2D eigenvalue weighted by molar-refractivity contribution is 5.76. The van der Waals surface area contributed by atoms with Crippen LogP contribution in [0.5, 0.6) is 0 Å². The van der Waals surface area contributed by atoms with Crippen LogP contribution < -0.4 is 5.32 Å². The van der Waals surface area contributed by atoms with Crippen LogP contribution in [0.3, 0.4) is 0 Å². The summed E-state index contributed by atoms with van der Waals surface area (Å²) in [4.78, 5) is 20.4. The van der Waals surface area contributed by atoms with Gasteiger partial charge in [0, 0.05) is 5.69 Å². The number of aryl methyl sites for hydroxylation is 1. The van der Waals surface area contributed by atoms with Gasteiger partial charge in [-0.05, 0) is 38.5 Å². The summed E-state index contributed by atoms with van der Waals surface area (Å²) in [6, 6.07) is 7.79. The average molecular weight is 324 g/mol. The maximum atomic E-state index is 12.2. The SMILES string of the molecule is Cc1ncn(CC(=O)N[C@H](C)c2ccc(-n3cncn3)cc2)c1C. The van der Waals surface area contributed by atoms with Crippen molar-refractivity contribution in [2.75, 3.05) is 0 Å². The van der Waals surface area contributed by atoms with Gasteiger partial charge in [-0.25, -0.2) is 14.6 Å². The van der Waals surface area contributed by atoms with Crippen LogP contribution in [0.25, 0.3) is 5.69 Å². The normalized spacial score (nSPS) is 12.1. The fourth-order valence-electron chi connectivity index (χ4n) is 2.49. The van der Waals surface area contributed by atoms with Gasteiger partial charge in [0.25, 0.3) is 0 Å². The van der Waals surface area contributed by atoms with E-state index in [1.807, 2.05) is 49.6 Å². The Morgan fingerprint density at radius 3 is 2.54 bits per heavy atom. The van der Waals surface area contributed by atoms with E-state index in [1.54, 1.807) is 17.3 Å². The molecule has 1 amide bonds. The zero-order chi connectivity index (χ0) is 17.1. The first-order chi connectivity index (χ1) is 11.5. The van der Waals surface area contributed by atoms with Crippen molar-refractivity contribution in [2.24, 2.45) is 0 Å². The van der Waals surface area contributed by atoms with Crippen molar-refractivity contribution >= 4 is 5.91 Å². The fourth-order valence-corrected chi connectivity index (χ4v) is 2.49. The van der Waals surface area contributed by atoms with Gasteiger partial charge in [-0.1, -0.05) is 12.1 Å². The van der Waals surface area contributed by atoms with E-state index in [2.05, 4.69) is 20.4 Å². The molecule has 0 unspecified atom stereocenters. The van der Waals surface area contributed by atoms with Crippen LogP contribution in [0.4, 0.5) is 0 Å². The molecular weight excluding hydrogens is 304 g/mol. The number of rotatable bonds is 5. The van der Waals surface area contributed by atoms with Gasteiger partial charge < -0.3 is 9.88 Å². The topological polar surface area (TPSA) is 77.6 Å². The molecule has 1 aromatic carbocycles. The van der Waals surface area contributed by atoms with Gasteiger partial charge in [-0.15, -0.1) is 0 Å². The predicted molar refractivity (Wildman–Crippen MR) is 89.6 cm³/mol. The highest BCUT2D eigenvalue weighted by atomic mass is 16.2. The number of nitrogens with zero attached hydrogens (tertiary/aromatic N) is 5. The van der Waals surface area contributed by atoms with Crippen molar-refractivity contribution in [2.45, 2.75) is 33.4 Å². The zero-order valence-corrected chi connectivity index (χ0v) is 14.0. The van der Waals surface area contributed by atoms with Crippen molar-refractivity contribution in [3.8, 4) is 5.69 Å². The van der Waals surface area contributed by atoms with E-state index < -0.39 is 0 Å². The number of amides is 1. The Kier molecular flexibility index (Phi) is 4.41. The number of aromatic nitrogens is 5. The average Bonchev–Trinajstić information content (AvgIpc) is 3.21. The molecule has 0 bridgehead atoms. The van der Waals surface area contributed by atoms with Crippen molar-refractivity contribution in [1.29, 1.82) is 0 Å². The predicted octanol–water partition coefficient (Wildman–Crippen LogP) is 1.96. The second kappa shape index (κ2) is 6.66. The van der Waals surface area contributed by atoms with Crippen LogP contribution in [0.15, 0.2) is 43.2 Å². The molecule has 2 aromatic heterocycles. The van der Waals surface area contributed by atoms with Crippen LogP contribution in [-0.4, -0.2) is 30.2 Å². The molecule has 0 saturated carbocycles. The molecule has 124 valence electrons. The van der Waals surface area contributed by atoms with Crippen molar-refractivity contribution < 1.29 is 4.79 Å². The standard InChI is InChI=1S/C17H20N6O/c1-12-14(3)22(11-19-12)8-17(24)21-13(2)15-4-6-16(7-5-15)23-10-18-9-20-23/h4-7,9-11,13H,8H2,1-3H3,(H,21,24)/t13-/m1/s1. The van der Waals surface area contributed by atoms with Crippen LogP contribution in [0.1, 0.15) is 29.9 Å². The van der Waals surface area contributed by atoms with E-state index in [0.29, 0.717) is 0 Å². The van der Waals surface area contributed by atoms with Gasteiger partial charge in [0.2, 0.25) is 5.91 Å². The number of carbonyl (C=O) groups is 1. The molecule has 0 aliphatic carbocycles. The lowest BCUT2D eigenvalue weighted by atomic mass is 10.1. The Hall–Kier alpha value is -2.96. The van der Waals surface area contributed by atoms with Gasteiger partial charge in [-0.3, -0.25) is 4.79 Å². The van der Waals surface area contributed by atoms with E-state index in [4.69, 9.17) is 0 Å². The number of imidazole rings is 1. The Balaban J connectivity index is 1.63. The van der Waals surface area contributed by atoms with E-state index in [9.17, 15) is 4.79 Å². The largest absolute Gasteiger partial charge is 0.348 e. The van der Waals surface area contributed by atoms with Gasteiger partial charge in [-0.2, -0.15) is 5.10 Å². The molecule has 0 spiro atoms. The van der Waals surface area contributed by atoms with Gasteiger partial charge in [0.1, 0.15) is 19.2 Å². The monoisotopic (exact) mass is 324 g/mol. The van der Waals surface area contributed by atoms with Crippen molar-refractivity contribution in [3.63, 3.8) is 0 Å². The minimum Gasteiger partial charge on any atom is -0.348 e. The number of benzene rings is 1. The third-order valence-electron chi connectivity index (χ3n) is 4.11. The first-order valence-corrected chi connectivity index (χ1v) is 7.77. The number of hydrogen-bond donors (Lipinski definition) is 1. The van der Waals surface area contributed by atoms with E-state index in [0.717, 1.165) is 22.6 Å². The highest BCUT2D eigenvalue weighted by Gasteiger charge is 2.12. The Labute approximate surface area is 140 Å². The molecule has 0 fully saturated rings. The summed E-state index contributed by atoms with van der Waals surface area (Å²) < 4.78 is 3.54. The molecule has 24 heavy (non-hydrogen) atoms. The van der Waals surface area contributed by atoms with Crippen LogP contribution in [-0.2, 0) is 11.3 Å². The minimum absolute atomic E-state index is 0.0386. The summed E-state index contributed by atoms with van der Waals surface area (Å²) in [5, 5.41) is 7.11. The van der Waals surface area contributed by atoms with Gasteiger partial charge in [0.05, 0.1) is 23.8 Å². The summed E-state index contributed by atoms with van der Waals surface area (Å²) >= 11 is 0. The third-order valence-corrected chi connectivity index (χ3v) is 4.11. The van der Waals surface area contributed by atoms with E-state index >= 15 is 0 Å². The summed E-state index contributed by atoms with van der Waals surface area (Å²) in [6.07, 6.45) is 4.84. The summed E-state index contributed by atoms with van der Waals surface area (Å²) in [5.41, 5.74) is 3.92. The Bertz CT molecular complexity index is 819. The molecule has 0 radical (unpaired) electrons. The molecule has 0 saturated heterocycles. The molecule has 2 heterocycles. The maximum Gasteiger partial charge on any atom is 0.240 e. The van der Waals surface area contributed by atoms with Crippen molar-refractivity contribution in [3.05, 3.63) is 60.2 Å². The molecule has 0 aliphatic rings. The van der Waals surface area contributed by atoms with Gasteiger partial charge >= 0.3 is 0 Å². The lowest BCUT2D eigenvalue weighted by Crippen LogP contribution is -2.30. The van der Waals surface area contributed by atoms with E-state index in [1.165, 1.54) is 6.33 Å². The number of carbonyl (C=O) groups excluding carboxylic acids is 1. The summed E-state index contributed by atoms with van der Waals surface area (Å²) in [7, 11) is 0. The Morgan fingerprint density at radius 1 is 1.21 bits per heavy atom. The molecule has 1 N–H and O–H groups in total. The lowest BCUT2D eigenvalue weighted by molar-refractivity contribution is -0.122. The quantitative estimate of drug-likeness (QED) is 0.778. The molecule has 3 aromatic rings. The van der Waals surface area contributed by atoms with Crippen LogP contribution in [0.2, 0.25) is 0 Å². The molecule has 7 heteroatoms. The second-order valence-corrected chi connectivity index (χ2v) is 5.76. The minimum atomic E-state index is -0.0766. The fraction of sp³-hybridized carbons (Fsp3) is 0.294. The smallest absolute Gasteiger partial charge is 0.240 e. The number of nitrogens with one attached hydrogen (secondary N) is 1. The molecule has 0 aliphatic heterocycles. The third kappa shape index (κ3) is 3.34. The lowest BCUT2D eigenvalue weighted by Gasteiger charge is -2.15. The second-order valence-electron chi connectivity index (χ2n) is 5.76. The van der Waals surface area contributed by atoms with Crippen LogP contribution >= 0.6 is 0 Å². The summed E-state index contributed by atoms with van der Waals surface area (Å²) in [6.45, 7) is 6.13. The molecule has 7 nitrogen and oxygen atoms in total. The number of hydrogen-bond acceptors (Lipinski definition) is 4. The van der Waals surface area contributed by atoms with E-state index in [-0.39, 0.29) is 18.5 Å². The van der Waals surface area contributed by atoms with Gasteiger partial charge in [0.15, 0.2) is 0 Å². The Morgan fingerprint density at radius 2 is 1.96 bits per heavy atom. The molecular formula is C17H20N6O. The first-order valence-electron chi connectivity index (χ1n) is 7.77. The van der Waals surface area contributed by atoms with Crippen molar-refractivity contribution in [1.82, 2.24) is 29.6 Å². The van der Waals surface area contributed by atoms with Crippen LogP contribution in [0, 0.1) is 13.8 Å². The maximum absolute atomic E-state index is 12.2. The molecule has 3 rings (SSSR count). The zero-order valence-electron chi connectivity index (χ0n) is 14.0. The summed E-state index contributed by atoms with van der Waals surface area (Å²) in [5.74, 6) is -0.0386. The first kappa shape index (κ1) is 15.9. The molecule has 1 atom stereocenters.